The normalized spacial score (nSPS) is 10.3. The number of H-pyrrole nitrogens is 1. The Labute approximate surface area is 80.3 Å². The van der Waals surface area contributed by atoms with Gasteiger partial charge in [0.05, 0.1) is 6.61 Å². The summed E-state index contributed by atoms with van der Waals surface area (Å²) in [5.74, 6) is 0.967. The highest BCUT2D eigenvalue weighted by Crippen LogP contribution is 2.12. The Bertz CT molecular complexity index is 230. The predicted molar refractivity (Wildman–Crippen MR) is 55.2 cm³/mol. The van der Waals surface area contributed by atoms with Gasteiger partial charge in [0, 0.05) is 18.0 Å². The van der Waals surface area contributed by atoms with Gasteiger partial charge in [-0.3, -0.25) is 0 Å². The van der Waals surface area contributed by atoms with Crippen LogP contribution < -0.4 is 4.74 Å². The number of hydrogen-bond donors (Lipinski definition) is 1. The molecule has 0 saturated heterocycles. The van der Waals surface area contributed by atoms with Gasteiger partial charge in [-0.1, -0.05) is 26.2 Å². The van der Waals surface area contributed by atoms with Gasteiger partial charge in [0.1, 0.15) is 5.75 Å². The molecule has 0 atom stereocenters. The van der Waals surface area contributed by atoms with Crippen LogP contribution in [0.25, 0.3) is 0 Å². The van der Waals surface area contributed by atoms with Gasteiger partial charge in [-0.25, -0.2) is 0 Å². The number of aromatic nitrogens is 1. The van der Waals surface area contributed by atoms with E-state index in [4.69, 9.17) is 4.74 Å². The summed E-state index contributed by atoms with van der Waals surface area (Å²) in [6, 6.07) is 2.03. The molecule has 0 unspecified atom stereocenters. The van der Waals surface area contributed by atoms with Gasteiger partial charge < -0.3 is 9.72 Å². The number of nitrogens with one attached hydrogen (secondary N) is 1. The molecular weight excluding hydrogens is 162 g/mol. The SMILES string of the molecule is CCCCCCOc1c[nH]c(C)c1. The highest BCUT2D eigenvalue weighted by atomic mass is 16.5. The molecule has 0 aliphatic carbocycles. The summed E-state index contributed by atoms with van der Waals surface area (Å²) in [6.45, 7) is 5.09. The lowest BCUT2D eigenvalue weighted by atomic mass is 10.2. The number of ether oxygens (including phenoxy) is 1. The number of aryl methyl sites for hydroxylation is 1. The second-order valence-corrected chi connectivity index (χ2v) is 3.43. The summed E-state index contributed by atoms with van der Waals surface area (Å²) in [6.07, 6.45) is 6.95. The van der Waals surface area contributed by atoms with Crippen LogP contribution >= 0.6 is 0 Å². The molecule has 0 saturated carbocycles. The van der Waals surface area contributed by atoms with Gasteiger partial charge in [-0.15, -0.1) is 0 Å². The summed E-state index contributed by atoms with van der Waals surface area (Å²) in [5.41, 5.74) is 1.16. The number of aromatic amines is 1. The molecule has 0 bridgehead atoms. The van der Waals surface area contributed by atoms with Crippen LogP contribution in [-0.4, -0.2) is 11.6 Å². The number of hydrogen-bond acceptors (Lipinski definition) is 1. The fourth-order valence-corrected chi connectivity index (χ4v) is 1.28. The molecule has 1 N–H and O–H groups in total. The van der Waals surface area contributed by atoms with Crippen molar-refractivity contribution in [3.8, 4) is 5.75 Å². The largest absolute Gasteiger partial charge is 0.492 e. The fraction of sp³-hybridized carbons (Fsp3) is 0.636. The minimum Gasteiger partial charge on any atom is -0.492 e. The number of rotatable bonds is 6. The molecule has 74 valence electrons. The van der Waals surface area contributed by atoms with Crippen LogP contribution in [0.15, 0.2) is 12.3 Å². The van der Waals surface area contributed by atoms with E-state index in [-0.39, 0.29) is 0 Å². The first kappa shape index (κ1) is 10.2. The van der Waals surface area contributed by atoms with E-state index in [2.05, 4.69) is 11.9 Å². The lowest BCUT2D eigenvalue weighted by Crippen LogP contribution is -1.95. The molecule has 1 heterocycles. The van der Waals surface area contributed by atoms with Gasteiger partial charge in [0.2, 0.25) is 0 Å². The average molecular weight is 181 g/mol. The smallest absolute Gasteiger partial charge is 0.136 e. The molecule has 0 radical (unpaired) electrons. The Balaban J connectivity index is 2.06. The summed E-state index contributed by atoms with van der Waals surface area (Å²) in [7, 11) is 0. The molecule has 0 fully saturated rings. The standard InChI is InChI=1S/C11H19NO/c1-3-4-5-6-7-13-11-8-10(2)12-9-11/h8-9,12H,3-7H2,1-2H3. The van der Waals surface area contributed by atoms with Crippen molar-refractivity contribution in [2.45, 2.75) is 39.5 Å². The van der Waals surface area contributed by atoms with E-state index in [0.29, 0.717) is 0 Å². The van der Waals surface area contributed by atoms with Crippen LogP contribution in [0.5, 0.6) is 5.75 Å². The van der Waals surface area contributed by atoms with Crippen LogP contribution in [0.3, 0.4) is 0 Å². The Hall–Kier alpha value is -0.920. The Kier molecular flexibility index (Phi) is 4.44. The van der Waals surface area contributed by atoms with E-state index in [1.807, 2.05) is 19.2 Å². The summed E-state index contributed by atoms with van der Waals surface area (Å²) in [5, 5.41) is 0. The minimum absolute atomic E-state index is 0.845. The van der Waals surface area contributed by atoms with Crippen LogP contribution in [0, 0.1) is 6.92 Å². The molecular formula is C11H19NO. The van der Waals surface area contributed by atoms with Gasteiger partial charge >= 0.3 is 0 Å². The van der Waals surface area contributed by atoms with E-state index >= 15 is 0 Å². The second-order valence-electron chi connectivity index (χ2n) is 3.43. The van der Waals surface area contributed by atoms with Crippen molar-refractivity contribution in [2.24, 2.45) is 0 Å². The van der Waals surface area contributed by atoms with Crippen molar-refractivity contribution in [3.63, 3.8) is 0 Å². The van der Waals surface area contributed by atoms with E-state index in [0.717, 1.165) is 24.5 Å². The first-order valence-electron chi connectivity index (χ1n) is 5.10. The molecule has 0 aliphatic rings. The Morgan fingerprint density at radius 2 is 2.15 bits per heavy atom. The Morgan fingerprint density at radius 3 is 2.77 bits per heavy atom. The first-order valence-corrected chi connectivity index (χ1v) is 5.10. The molecule has 13 heavy (non-hydrogen) atoms. The zero-order chi connectivity index (χ0) is 9.52. The van der Waals surface area contributed by atoms with Crippen LogP contribution in [0.4, 0.5) is 0 Å². The van der Waals surface area contributed by atoms with Gasteiger partial charge in [-0.2, -0.15) is 0 Å². The molecule has 0 spiro atoms. The van der Waals surface area contributed by atoms with E-state index in [1.165, 1.54) is 19.3 Å². The molecule has 1 rings (SSSR count). The van der Waals surface area contributed by atoms with Gasteiger partial charge in [0.25, 0.3) is 0 Å². The van der Waals surface area contributed by atoms with E-state index in [1.54, 1.807) is 0 Å². The van der Waals surface area contributed by atoms with Crippen LogP contribution in [0.1, 0.15) is 38.3 Å². The molecule has 1 aromatic rings. The fourth-order valence-electron chi connectivity index (χ4n) is 1.28. The quantitative estimate of drug-likeness (QED) is 0.669. The summed E-state index contributed by atoms with van der Waals surface area (Å²) < 4.78 is 5.54. The summed E-state index contributed by atoms with van der Waals surface area (Å²) in [4.78, 5) is 3.10. The molecule has 2 nitrogen and oxygen atoms in total. The van der Waals surface area contributed by atoms with Gasteiger partial charge in [0.15, 0.2) is 0 Å². The Morgan fingerprint density at radius 1 is 1.31 bits per heavy atom. The topological polar surface area (TPSA) is 25.0 Å². The minimum atomic E-state index is 0.845. The third-order valence-electron chi connectivity index (χ3n) is 2.07. The monoisotopic (exact) mass is 181 g/mol. The maximum atomic E-state index is 5.54. The highest BCUT2D eigenvalue weighted by Gasteiger charge is 1.95. The lowest BCUT2D eigenvalue weighted by molar-refractivity contribution is 0.305. The van der Waals surface area contributed by atoms with E-state index < -0.39 is 0 Å². The zero-order valence-electron chi connectivity index (χ0n) is 8.60. The first-order chi connectivity index (χ1) is 6.33. The van der Waals surface area contributed by atoms with Crippen molar-refractivity contribution >= 4 is 0 Å². The zero-order valence-corrected chi connectivity index (χ0v) is 8.60. The van der Waals surface area contributed by atoms with Crippen molar-refractivity contribution in [3.05, 3.63) is 18.0 Å². The molecule has 2 heteroatoms. The van der Waals surface area contributed by atoms with Gasteiger partial charge in [-0.05, 0) is 13.3 Å². The number of unbranched alkanes of at least 4 members (excludes halogenated alkanes) is 3. The van der Waals surface area contributed by atoms with Crippen molar-refractivity contribution in [1.82, 2.24) is 4.98 Å². The average Bonchev–Trinajstić information content (AvgIpc) is 2.51. The second kappa shape index (κ2) is 5.68. The van der Waals surface area contributed by atoms with Crippen molar-refractivity contribution < 1.29 is 4.74 Å². The highest BCUT2D eigenvalue weighted by molar-refractivity contribution is 5.21. The van der Waals surface area contributed by atoms with E-state index in [9.17, 15) is 0 Å². The molecule has 0 aliphatic heterocycles. The van der Waals surface area contributed by atoms with Crippen LogP contribution in [0.2, 0.25) is 0 Å². The molecule has 0 aromatic carbocycles. The predicted octanol–water partition coefficient (Wildman–Crippen LogP) is 3.28. The van der Waals surface area contributed by atoms with Crippen molar-refractivity contribution in [1.29, 1.82) is 0 Å². The third-order valence-corrected chi connectivity index (χ3v) is 2.07. The van der Waals surface area contributed by atoms with Crippen molar-refractivity contribution in [2.75, 3.05) is 6.61 Å². The van der Waals surface area contributed by atoms with Crippen LogP contribution in [-0.2, 0) is 0 Å². The maximum absolute atomic E-state index is 5.54. The lowest BCUT2D eigenvalue weighted by Gasteiger charge is -2.02. The maximum Gasteiger partial charge on any atom is 0.136 e. The summed E-state index contributed by atoms with van der Waals surface area (Å²) >= 11 is 0. The molecule has 1 aromatic heterocycles. The molecule has 0 amide bonds. The third kappa shape index (κ3) is 4.02.